The van der Waals surface area contributed by atoms with Crippen LogP contribution in [0.15, 0.2) is 11.1 Å². The summed E-state index contributed by atoms with van der Waals surface area (Å²) in [7, 11) is 0. The maximum atomic E-state index is 10.4. The van der Waals surface area contributed by atoms with Crippen molar-refractivity contribution in [1.82, 2.24) is 0 Å². The van der Waals surface area contributed by atoms with Crippen molar-refractivity contribution in [2.24, 2.45) is 16.5 Å². The molecule has 0 saturated heterocycles. The number of amides is 1. The lowest BCUT2D eigenvalue weighted by Crippen LogP contribution is -2.18. The molecule has 80 valence electrons. The van der Waals surface area contributed by atoms with Crippen LogP contribution in [0.2, 0.25) is 0 Å². The highest BCUT2D eigenvalue weighted by molar-refractivity contribution is 7.14. The van der Waals surface area contributed by atoms with Crippen LogP contribution in [0.3, 0.4) is 0 Å². The minimum atomic E-state index is -0.761. The highest BCUT2D eigenvalue weighted by Crippen LogP contribution is 2.25. The van der Waals surface area contributed by atoms with Crippen molar-refractivity contribution in [1.29, 1.82) is 0 Å². The summed E-state index contributed by atoms with van der Waals surface area (Å²) < 4.78 is 4.71. The van der Waals surface area contributed by atoms with Gasteiger partial charge in [0, 0.05) is 11.4 Å². The molecule has 0 unspecified atom stereocenters. The molecule has 1 aliphatic rings. The number of hydrogen-bond donors (Lipinski definition) is 2. The Hall–Kier alpha value is -1.56. The van der Waals surface area contributed by atoms with E-state index in [0.29, 0.717) is 5.84 Å². The first-order valence-corrected chi connectivity index (χ1v) is 5.32. The first-order chi connectivity index (χ1) is 7.16. The second-order valence-electron chi connectivity index (χ2n) is 3.19. The monoisotopic (exact) mass is 225 g/mol. The molecule has 2 heterocycles. The van der Waals surface area contributed by atoms with Gasteiger partial charge in [0.25, 0.3) is 0 Å². The van der Waals surface area contributed by atoms with Gasteiger partial charge in [-0.2, -0.15) is 0 Å². The molecule has 0 fully saturated rings. The van der Waals surface area contributed by atoms with Crippen molar-refractivity contribution in [3.05, 3.63) is 21.4 Å². The molecule has 0 aliphatic carbocycles. The topological polar surface area (TPSA) is 90.7 Å². The number of thiophene rings is 1. The third-order valence-electron chi connectivity index (χ3n) is 2.11. The molecule has 1 aliphatic heterocycles. The molecule has 0 saturated carbocycles. The average Bonchev–Trinajstić information content (AvgIpc) is 2.59. The summed E-state index contributed by atoms with van der Waals surface area (Å²) in [6, 6.07) is 1.99. The van der Waals surface area contributed by atoms with Gasteiger partial charge in [-0.1, -0.05) is 0 Å². The molecule has 0 atom stereocenters. The van der Waals surface area contributed by atoms with Crippen molar-refractivity contribution in [3.8, 4) is 0 Å². The third-order valence-corrected chi connectivity index (χ3v) is 3.29. The molecule has 4 N–H and O–H groups in total. The van der Waals surface area contributed by atoms with Gasteiger partial charge in [-0.15, -0.1) is 11.3 Å². The number of fused-ring (bicyclic) bond motifs is 1. The van der Waals surface area contributed by atoms with Gasteiger partial charge in [0.1, 0.15) is 12.4 Å². The minimum absolute atomic E-state index is 0.209. The fourth-order valence-electron chi connectivity index (χ4n) is 1.47. The lowest BCUT2D eigenvalue weighted by Gasteiger charge is -2.07. The van der Waals surface area contributed by atoms with E-state index in [2.05, 4.69) is 4.99 Å². The molecular formula is C9H11N3O2S. The first kappa shape index (κ1) is 9.97. The Morgan fingerprint density at radius 2 is 2.47 bits per heavy atom. The summed E-state index contributed by atoms with van der Waals surface area (Å²) in [6.45, 7) is 0.936. The van der Waals surface area contributed by atoms with Crippen LogP contribution in [-0.2, 0) is 17.8 Å². The quantitative estimate of drug-likeness (QED) is 0.772. The molecule has 1 aromatic rings. The van der Waals surface area contributed by atoms with Crippen LogP contribution in [0.5, 0.6) is 0 Å². The Labute approximate surface area is 90.7 Å². The van der Waals surface area contributed by atoms with Crippen LogP contribution in [-0.4, -0.2) is 18.5 Å². The molecule has 0 spiro atoms. The van der Waals surface area contributed by atoms with Crippen LogP contribution < -0.4 is 11.5 Å². The summed E-state index contributed by atoms with van der Waals surface area (Å²) in [5.74, 6) is 0.576. The van der Waals surface area contributed by atoms with Gasteiger partial charge >= 0.3 is 6.09 Å². The van der Waals surface area contributed by atoms with E-state index in [1.54, 1.807) is 0 Å². The van der Waals surface area contributed by atoms with Crippen LogP contribution in [0.1, 0.15) is 15.3 Å². The van der Waals surface area contributed by atoms with E-state index in [1.807, 2.05) is 6.07 Å². The third kappa shape index (κ3) is 2.10. The van der Waals surface area contributed by atoms with Crippen LogP contribution in [0.4, 0.5) is 4.79 Å². The lowest BCUT2D eigenvalue weighted by atomic mass is 10.1. The molecule has 1 amide bonds. The molecule has 1 aromatic heterocycles. The Morgan fingerprint density at radius 3 is 3.13 bits per heavy atom. The van der Waals surface area contributed by atoms with Crippen molar-refractivity contribution in [2.75, 3.05) is 6.54 Å². The normalized spacial score (nSPS) is 14.3. The van der Waals surface area contributed by atoms with Crippen LogP contribution in [0.25, 0.3) is 0 Å². The number of rotatable bonds is 2. The van der Waals surface area contributed by atoms with E-state index in [4.69, 9.17) is 16.2 Å². The number of amidine groups is 1. The molecular weight excluding hydrogens is 214 g/mol. The van der Waals surface area contributed by atoms with E-state index in [0.717, 1.165) is 22.7 Å². The Kier molecular flexibility index (Phi) is 2.59. The van der Waals surface area contributed by atoms with Gasteiger partial charge < -0.3 is 16.2 Å². The largest absolute Gasteiger partial charge is 0.444 e. The van der Waals surface area contributed by atoms with Gasteiger partial charge in [-0.05, 0) is 18.1 Å². The molecule has 0 radical (unpaired) electrons. The number of hydrogen-bond acceptors (Lipinski definition) is 5. The fraction of sp³-hybridized carbons (Fsp3) is 0.333. The summed E-state index contributed by atoms with van der Waals surface area (Å²) in [4.78, 5) is 16.5. The van der Waals surface area contributed by atoms with Crippen LogP contribution >= 0.6 is 11.3 Å². The summed E-state index contributed by atoms with van der Waals surface area (Å²) in [5.41, 5.74) is 11.8. The summed E-state index contributed by atoms with van der Waals surface area (Å²) >= 11 is 1.50. The average molecular weight is 225 g/mol. The molecule has 2 rings (SSSR count). The Morgan fingerprint density at radius 1 is 1.67 bits per heavy atom. The second kappa shape index (κ2) is 3.90. The van der Waals surface area contributed by atoms with Crippen LogP contribution in [0, 0.1) is 0 Å². The maximum absolute atomic E-state index is 10.4. The van der Waals surface area contributed by atoms with Crippen molar-refractivity contribution >= 4 is 23.3 Å². The zero-order chi connectivity index (χ0) is 10.8. The Bertz CT molecular complexity index is 425. The second-order valence-corrected chi connectivity index (χ2v) is 4.33. The van der Waals surface area contributed by atoms with Gasteiger partial charge in [-0.3, -0.25) is 4.99 Å². The fourth-order valence-corrected chi connectivity index (χ4v) is 2.51. The van der Waals surface area contributed by atoms with Crippen molar-refractivity contribution in [2.45, 2.75) is 13.0 Å². The number of carbonyl (C=O) groups excluding carboxylic acids is 1. The highest BCUT2D eigenvalue weighted by atomic mass is 32.1. The predicted octanol–water partition coefficient (Wildman–Crippen LogP) is 0.605. The zero-order valence-electron chi connectivity index (χ0n) is 8.03. The van der Waals surface area contributed by atoms with E-state index in [1.165, 1.54) is 16.9 Å². The standard InChI is InChI=1S/C9H11N3O2S/c10-8-7-5(1-2-12-8)3-6(15-7)4-14-9(11)13/h3H,1-2,4H2,(H2,10,12)(H2,11,13). The number of primary amides is 1. The van der Waals surface area contributed by atoms with Crippen molar-refractivity contribution < 1.29 is 9.53 Å². The molecule has 15 heavy (non-hydrogen) atoms. The molecule has 0 aromatic carbocycles. The van der Waals surface area contributed by atoms with E-state index < -0.39 is 6.09 Å². The predicted molar refractivity (Wildman–Crippen MR) is 58.0 cm³/mol. The summed E-state index contributed by atoms with van der Waals surface area (Å²) in [6.07, 6.45) is 0.131. The Balaban J connectivity index is 2.16. The SMILES string of the molecule is NC(=O)OCc1cc2c(s1)C(N)=NCC2. The number of aliphatic imine (C=N–C) groups is 1. The minimum Gasteiger partial charge on any atom is -0.444 e. The molecule has 6 heteroatoms. The smallest absolute Gasteiger partial charge is 0.404 e. The van der Waals surface area contributed by atoms with Crippen molar-refractivity contribution in [3.63, 3.8) is 0 Å². The molecule has 0 bridgehead atoms. The first-order valence-electron chi connectivity index (χ1n) is 4.51. The zero-order valence-corrected chi connectivity index (χ0v) is 8.84. The number of nitrogens with two attached hydrogens (primary N) is 2. The summed E-state index contributed by atoms with van der Waals surface area (Å²) in [5, 5.41) is 0. The van der Waals surface area contributed by atoms with E-state index in [9.17, 15) is 4.79 Å². The maximum Gasteiger partial charge on any atom is 0.404 e. The number of nitrogens with zero attached hydrogens (tertiary/aromatic N) is 1. The number of carbonyl (C=O) groups is 1. The lowest BCUT2D eigenvalue weighted by molar-refractivity contribution is 0.151. The number of ether oxygens (including phenoxy) is 1. The highest BCUT2D eigenvalue weighted by Gasteiger charge is 2.15. The van der Waals surface area contributed by atoms with Gasteiger partial charge in [0.2, 0.25) is 0 Å². The van der Waals surface area contributed by atoms with Gasteiger partial charge in [0.05, 0.1) is 4.88 Å². The van der Waals surface area contributed by atoms with Gasteiger partial charge in [-0.25, -0.2) is 4.79 Å². The van der Waals surface area contributed by atoms with E-state index in [-0.39, 0.29) is 6.61 Å². The van der Waals surface area contributed by atoms with E-state index >= 15 is 0 Å². The van der Waals surface area contributed by atoms with Gasteiger partial charge in [0.15, 0.2) is 0 Å². The molecule has 5 nitrogen and oxygen atoms in total.